The van der Waals surface area contributed by atoms with Crippen LogP contribution in [0.4, 0.5) is 5.69 Å². The first-order valence-electron chi connectivity index (χ1n) is 10.7. The molecule has 3 aromatic carbocycles. The van der Waals surface area contributed by atoms with Crippen LogP contribution in [0, 0.1) is 13.8 Å². The number of nitrogens with two attached hydrogens (primary N) is 1. The average Bonchev–Trinajstić information content (AvgIpc) is 2.80. The molecule has 0 aliphatic rings. The predicted octanol–water partition coefficient (Wildman–Crippen LogP) is 6.15. The molecule has 2 N–H and O–H groups in total. The molecule has 0 spiro atoms. The van der Waals surface area contributed by atoms with E-state index in [2.05, 4.69) is 89.5 Å². The van der Waals surface area contributed by atoms with Crippen LogP contribution in [0.1, 0.15) is 22.4 Å². The van der Waals surface area contributed by atoms with Gasteiger partial charge in [-0.2, -0.15) is 0 Å². The SMILES string of the molecule is Cc1cccc(-c2cc(-c3ccc(Cc4cc(C)ccn4)cc3)c(N)c3cncnc23)c1. The van der Waals surface area contributed by atoms with Gasteiger partial charge in [0.25, 0.3) is 0 Å². The van der Waals surface area contributed by atoms with Crippen LogP contribution in [0.5, 0.6) is 0 Å². The van der Waals surface area contributed by atoms with Crippen molar-refractivity contribution in [1.82, 2.24) is 15.0 Å². The standard InChI is InChI=1S/C28H24N4/c1-18-4-3-5-22(12-18)25-15-24(27(29)26-16-30-17-32-28(25)26)21-8-6-20(7-9-21)14-23-13-19(2)10-11-31-23/h3-13,15-17H,14,29H2,1-2H3. The highest BCUT2D eigenvalue weighted by Crippen LogP contribution is 2.38. The van der Waals surface area contributed by atoms with Crippen molar-refractivity contribution < 1.29 is 0 Å². The van der Waals surface area contributed by atoms with Gasteiger partial charge in [-0.1, -0.05) is 54.1 Å². The van der Waals surface area contributed by atoms with E-state index in [1.54, 1.807) is 12.5 Å². The normalized spacial score (nSPS) is 11.1. The van der Waals surface area contributed by atoms with E-state index < -0.39 is 0 Å². The fourth-order valence-electron chi connectivity index (χ4n) is 4.16. The summed E-state index contributed by atoms with van der Waals surface area (Å²) in [6, 6.07) is 23.3. The van der Waals surface area contributed by atoms with Crippen LogP contribution in [0.25, 0.3) is 33.2 Å². The van der Waals surface area contributed by atoms with E-state index >= 15 is 0 Å². The van der Waals surface area contributed by atoms with Crippen molar-refractivity contribution in [3.63, 3.8) is 0 Å². The van der Waals surface area contributed by atoms with E-state index in [4.69, 9.17) is 5.73 Å². The molecule has 4 heteroatoms. The quantitative estimate of drug-likeness (QED) is 0.357. The minimum atomic E-state index is 0.699. The number of anilines is 1. The molecule has 0 atom stereocenters. The van der Waals surface area contributed by atoms with E-state index in [1.165, 1.54) is 16.7 Å². The molecular formula is C28H24N4. The van der Waals surface area contributed by atoms with Crippen molar-refractivity contribution in [2.24, 2.45) is 0 Å². The Morgan fingerprint density at radius 1 is 0.781 bits per heavy atom. The van der Waals surface area contributed by atoms with Crippen LogP contribution in [0.15, 0.2) is 85.5 Å². The zero-order valence-corrected chi connectivity index (χ0v) is 18.2. The van der Waals surface area contributed by atoms with Gasteiger partial charge in [-0.25, -0.2) is 9.97 Å². The third kappa shape index (κ3) is 3.83. The Kier molecular flexibility index (Phi) is 5.12. The number of hydrogen-bond donors (Lipinski definition) is 1. The second-order valence-corrected chi connectivity index (χ2v) is 8.24. The first-order valence-corrected chi connectivity index (χ1v) is 10.7. The Hall–Kier alpha value is -4.05. The molecule has 5 rings (SSSR count). The highest BCUT2D eigenvalue weighted by atomic mass is 14.8. The minimum absolute atomic E-state index is 0.699. The minimum Gasteiger partial charge on any atom is -0.398 e. The van der Waals surface area contributed by atoms with Gasteiger partial charge in [0, 0.05) is 41.0 Å². The van der Waals surface area contributed by atoms with Crippen LogP contribution in [-0.4, -0.2) is 15.0 Å². The van der Waals surface area contributed by atoms with Gasteiger partial charge in [-0.3, -0.25) is 4.98 Å². The maximum absolute atomic E-state index is 6.62. The zero-order valence-electron chi connectivity index (χ0n) is 18.2. The van der Waals surface area contributed by atoms with Crippen LogP contribution in [-0.2, 0) is 6.42 Å². The molecule has 0 radical (unpaired) electrons. The summed E-state index contributed by atoms with van der Waals surface area (Å²) < 4.78 is 0. The highest BCUT2D eigenvalue weighted by molar-refractivity contribution is 6.06. The first kappa shape index (κ1) is 19.9. The van der Waals surface area contributed by atoms with Gasteiger partial charge in [0.15, 0.2) is 0 Å². The summed E-state index contributed by atoms with van der Waals surface area (Å²) in [6.45, 7) is 4.19. The average molecular weight is 417 g/mol. The molecule has 5 aromatic rings. The van der Waals surface area contributed by atoms with Gasteiger partial charge in [-0.05, 0) is 54.3 Å². The molecule has 0 aliphatic heterocycles. The Bertz CT molecular complexity index is 1420. The summed E-state index contributed by atoms with van der Waals surface area (Å²) in [6.07, 6.45) is 6.05. The molecule has 0 aliphatic carbocycles. The maximum Gasteiger partial charge on any atom is 0.116 e. The van der Waals surface area contributed by atoms with Gasteiger partial charge >= 0.3 is 0 Å². The van der Waals surface area contributed by atoms with Crippen LogP contribution in [0.3, 0.4) is 0 Å². The Morgan fingerprint density at radius 2 is 1.59 bits per heavy atom. The molecule has 0 saturated carbocycles. The maximum atomic E-state index is 6.62. The lowest BCUT2D eigenvalue weighted by Gasteiger charge is -2.14. The van der Waals surface area contributed by atoms with Gasteiger partial charge in [0.1, 0.15) is 6.33 Å². The number of nitrogens with zero attached hydrogens (tertiary/aromatic N) is 3. The van der Waals surface area contributed by atoms with Gasteiger partial charge in [0.05, 0.1) is 11.2 Å². The number of hydrogen-bond acceptors (Lipinski definition) is 4. The molecule has 2 aromatic heterocycles. The fraction of sp³-hybridized carbons (Fsp3) is 0.107. The number of aryl methyl sites for hydroxylation is 2. The Balaban J connectivity index is 1.59. The summed E-state index contributed by atoms with van der Waals surface area (Å²) in [4.78, 5) is 13.3. The molecule has 2 heterocycles. The number of aromatic nitrogens is 3. The topological polar surface area (TPSA) is 64.7 Å². The largest absolute Gasteiger partial charge is 0.398 e. The van der Waals surface area contributed by atoms with Crippen molar-refractivity contribution in [1.29, 1.82) is 0 Å². The molecule has 4 nitrogen and oxygen atoms in total. The van der Waals surface area contributed by atoms with Crippen molar-refractivity contribution >= 4 is 16.6 Å². The number of nitrogen functional groups attached to an aromatic ring is 1. The number of fused-ring (bicyclic) bond motifs is 1. The molecule has 0 bridgehead atoms. The lowest BCUT2D eigenvalue weighted by molar-refractivity contribution is 1.06. The molecule has 0 amide bonds. The lowest BCUT2D eigenvalue weighted by Crippen LogP contribution is -1.97. The lowest BCUT2D eigenvalue weighted by atomic mass is 9.93. The van der Waals surface area contributed by atoms with E-state index in [0.717, 1.165) is 45.3 Å². The molecule has 0 unspecified atom stereocenters. The number of rotatable bonds is 4. The van der Waals surface area contributed by atoms with Gasteiger partial charge in [-0.15, -0.1) is 0 Å². The molecule has 0 saturated heterocycles. The molecule has 0 fully saturated rings. The summed E-state index contributed by atoms with van der Waals surface area (Å²) in [5, 5.41) is 0.870. The van der Waals surface area contributed by atoms with Crippen molar-refractivity contribution in [3.05, 3.63) is 108 Å². The fourth-order valence-corrected chi connectivity index (χ4v) is 4.16. The second kappa shape index (κ2) is 8.23. The van der Waals surface area contributed by atoms with Crippen molar-refractivity contribution in [3.8, 4) is 22.3 Å². The van der Waals surface area contributed by atoms with Crippen LogP contribution < -0.4 is 5.73 Å². The monoisotopic (exact) mass is 416 g/mol. The van der Waals surface area contributed by atoms with E-state index in [1.807, 2.05) is 12.3 Å². The third-order valence-corrected chi connectivity index (χ3v) is 5.79. The van der Waals surface area contributed by atoms with Gasteiger partial charge < -0.3 is 5.73 Å². The van der Waals surface area contributed by atoms with Crippen molar-refractivity contribution in [2.45, 2.75) is 20.3 Å². The van der Waals surface area contributed by atoms with E-state index in [9.17, 15) is 0 Å². The Morgan fingerprint density at radius 3 is 2.38 bits per heavy atom. The second-order valence-electron chi connectivity index (χ2n) is 8.24. The molecule has 32 heavy (non-hydrogen) atoms. The number of pyridine rings is 1. The summed E-state index contributed by atoms with van der Waals surface area (Å²) in [7, 11) is 0. The summed E-state index contributed by atoms with van der Waals surface area (Å²) >= 11 is 0. The Labute approximate surface area is 187 Å². The van der Waals surface area contributed by atoms with E-state index in [-0.39, 0.29) is 0 Å². The summed E-state index contributed by atoms with van der Waals surface area (Å²) in [5.74, 6) is 0. The molecular weight excluding hydrogens is 392 g/mol. The van der Waals surface area contributed by atoms with E-state index in [0.29, 0.717) is 5.69 Å². The third-order valence-electron chi connectivity index (χ3n) is 5.79. The van der Waals surface area contributed by atoms with Gasteiger partial charge in [0.2, 0.25) is 0 Å². The summed E-state index contributed by atoms with van der Waals surface area (Å²) in [5.41, 5.74) is 17.1. The zero-order chi connectivity index (χ0) is 22.1. The van der Waals surface area contributed by atoms with Crippen LogP contribution >= 0.6 is 0 Å². The smallest absolute Gasteiger partial charge is 0.116 e. The molecule has 156 valence electrons. The first-order chi connectivity index (χ1) is 15.6. The highest BCUT2D eigenvalue weighted by Gasteiger charge is 2.14. The van der Waals surface area contributed by atoms with Crippen LogP contribution in [0.2, 0.25) is 0 Å². The predicted molar refractivity (Wildman–Crippen MR) is 131 cm³/mol. The van der Waals surface area contributed by atoms with Crippen molar-refractivity contribution in [2.75, 3.05) is 5.73 Å². The number of benzene rings is 3.